The Morgan fingerprint density at radius 3 is 2.20 bits per heavy atom. The molecule has 3 heterocycles. The van der Waals surface area contributed by atoms with E-state index in [2.05, 4.69) is 48.9 Å². The van der Waals surface area contributed by atoms with Gasteiger partial charge in [-0.25, -0.2) is 14.6 Å². The zero-order valence-corrected chi connectivity index (χ0v) is 28.1. The van der Waals surface area contributed by atoms with Crippen LogP contribution in [-0.2, 0) is 14.3 Å². The Hall–Kier alpha value is -4.65. The number of aliphatic carboxylic acids is 1. The first-order chi connectivity index (χ1) is 21.2. The summed E-state index contributed by atoms with van der Waals surface area (Å²) in [6, 6.07) is 14.3. The van der Waals surface area contributed by atoms with Crippen LogP contribution in [-0.4, -0.2) is 62.7 Å². The van der Waals surface area contributed by atoms with Crippen molar-refractivity contribution in [2.24, 2.45) is 5.92 Å². The number of nitrogens with one attached hydrogen (secondary N) is 2. The highest BCUT2D eigenvalue weighted by Crippen LogP contribution is 2.18. The average Bonchev–Trinajstić information content (AvgIpc) is 3.48. The second kappa shape index (κ2) is 20.3. The molecule has 0 spiro atoms. The number of hydrogen-bond donors (Lipinski definition) is 3. The number of carboxylic acid groups (broad SMARTS) is 1. The molecule has 2 aromatic heterocycles. The van der Waals surface area contributed by atoms with E-state index < -0.39 is 29.6 Å². The molecule has 1 aromatic carbocycles. The number of ether oxygens (including phenoxy) is 1. The molecule has 1 aliphatic rings. The van der Waals surface area contributed by atoms with Gasteiger partial charge >= 0.3 is 12.1 Å². The van der Waals surface area contributed by atoms with Crippen LogP contribution in [0.4, 0.5) is 4.79 Å². The Labute approximate surface area is 267 Å². The third-order valence-electron chi connectivity index (χ3n) is 5.55. The second-order valence-corrected chi connectivity index (χ2v) is 11.4. The summed E-state index contributed by atoms with van der Waals surface area (Å²) in [4.78, 5) is 55.0. The summed E-state index contributed by atoms with van der Waals surface area (Å²) in [5, 5.41) is 11.9. The lowest BCUT2D eigenvalue weighted by Gasteiger charge is -2.23. The minimum atomic E-state index is -1.01. The van der Waals surface area contributed by atoms with Crippen molar-refractivity contribution in [2.75, 3.05) is 13.1 Å². The van der Waals surface area contributed by atoms with Crippen LogP contribution in [0.5, 0.6) is 0 Å². The van der Waals surface area contributed by atoms with E-state index in [1.54, 1.807) is 26.8 Å². The van der Waals surface area contributed by atoms with Crippen molar-refractivity contribution in [1.29, 1.82) is 0 Å². The van der Waals surface area contributed by atoms with Gasteiger partial charge in [-0.1, -0.05) is 65.0 Å². The van der Waals surface area contributed by atoms with E-state index in [4.69, 9.17) is 9.84 Å². The number of alkyl carbamates (subject to hydrolysis) is 1. The topological polar surface area (TPSA) is 142 Å². The molecular weight excluding hydrogens is 572 g/mol. The second-order valence-electron chi connectivity index (χ2n) is 11.4. The smallest absolute Gasteiger partial charge is 0.408 e. The van der Waals surface area contributed by atoms with Gasteiger partial charge in [0.1, 0.15) is 23.8 Å². The molecule has 0 radical (unpaired) electrons. The van der Waals surface area contributed by atoms with Crippen molar-refractivity contribution in [3.05, 3.63) is 64.4 Å². The summed E-state index contributed by atoms with van der Waals surface area (Å²) in [7, 11) is 0. The van der Waals surface area contributed by atoms with E-state index in [1.165, 1.54) is 4.90 Å². The van der Waals surface area contributed by atoms with Gasteiger partial charge in [-0.05, 0) is 64.2 Å². The van der Waals surface area contributed by atoms with Crippen LogP contribution in [0.2, 0.25) is 0 Å². The number of benzene rings is 1. The number of H-pyrrole nitrogens is 1. The standard InChI is InChI=1S/C15H12N2O.C12H20N2O5.C4H10.C2H6.C2H2/c1-10-7-8-12-14(18)9-13(17-15(12)16-10)11-5-3-2-4-6-11;1-12(2,3)19-11(18)13-7-9(15)14-6-4-5-8(14)10(16)17;1-4(2)3;2*1-2/h2-9H,1H3,(H,16,17,18);8H,4-7H2,1-3H3,(H,13,18)(H,16,17);4H,1-3H3;1-2H3;1-2H. The number of carboxylic acids is 1. The van der Waals surface area contributed by atoms with Gasteiger partial charge in [-0.3, -0.25) is 9.59 Å². The molecule has 0 aliphatic carbocycles. The summed E-state index contributed by atoms with van der Waals surface area (Å²) in [5.74, 6) is -0.584. The monoisotopic (exact) mass is 622 g/mol. The molecule has 4 rings (SSSR count). The van der Waals surface area contributed by atoms with Crippen molar-refractivity contribution in [2.45, 2.75) is 86.8 Å². The zero-order chi connectivity index (χ0) is 34.7. The van der Waals surface area contributed by atoms with E-state index in [0.717, 1.165) is 22.9 Å². The molecule has 1 unspecified atom stereocenters. The lowest BCUT2D eigenvalue weighted by Crippen LogP contribution is -2.46. The Bertz CT molecular complexity index is 1420. The van der Waals surface area contributed by atoms with Gasteiger partial charge in [0.25, 0.3) is 0 Å². The first kappa shape index (κ1) is 40.4. The van der Waals surface area contributed by atoms with Gasteiger partial charge in [-0.2, -0.15) is 0 Å². The van der Waals surface area contributed by atoms with E-state index in [-0.39, 0.29) is 12.0 Å². The van der Waals surface area contributed by atoms with E-state index >= 15 is 0 Å². The number of carbonyl (C=O) groups is 3. The van der Waals surface area contributed by atoms with Crippen molar-refractivity contribution in [3.63, 3.8) is 0 Å². The number of aromatic nitrogens is 2. The summed E-state index contributed by atoms with van der Waals surface area (Å²) in [6.07, 6.45) is 8.43. The largest absolute Gasteiger partial charge is 0.480 e. The fourth-order valence-corrected chi connectivity index (χ4v) is 3.88. The molecule has 0 bridgehead atoms. The Balaban J connectivity index is 0.000000700. The summed E-state index contributed by atoms with van der Waals surface area (Å²) in [6.45, 7) is 17.7. The first-order valence-electron chi connectivity index (χ1n) is 15.1. The minimum absolute atomic E-state index is 0.00453. The van der Waals surface area contributed by atoms with Crippen LogP contribution in [0.1, 0.15) is 73.9 Å². The van der Waals surface area contributed by atoms with E-state index in [9.17, 15) is 19.2 Å². The van der Waals surface area contributed by atoms with Gasteiger partial charge in [0.2, 0.25) is 5.91 Å². The van der Waals surface area contributed by atoms with Gasteiger partial charge in [0.05, 0.1) is 11.1 Å². The SMILES string of the molecule is C#C.CC.CC(C)(C)OC(=O)NCC(=O)N1CCCC1C(=O)O.CC(C)C.Cc1ccc2c(=O)cc(-c3ccccc3)[nH]c2n1. The van der Waals surface area contributed by atoms with Crippen molar-refractivity contribution in [1.82, 2.24) is 20.2 Å². The zero-order valence-electron chi connectivity index (χ0n) is 28.1. The molecular formula is C35H50N4O6. The van der Waals surface area contributed by atoms with Gasteiger partial charge < -0.3 is 25.0 Å². The van der Waals surface area contributed by atoms with E-state index in [0.29, 0.717) is 30.4 Å². The number of rotatable bonds is 4. The Morgan fingerprint density at radius 1 is 1.09 bits per heavy atom. The molecule has 3 aromatic rings. The molecule has 45 heavy (non-hydrogen) atoms. The van der Waals surface area contributed by atoms with Crippen LogP contribution in [0, 0.1) is 25.7 Å². The normalized spacial score (nSPS) is 13.3. The molecule has 3 N–H and O–H groups in total. The third-order valence-corrected chi connectivity index (χ3v) is 5.55. The number of aromatic amines is 1. The highest BCUT2D eigenvalue weighted by atomic mass is 16.6. The van der Waals surface area contributed by atoms with E-state index in [1.807, 2.05) is 63.2 Å². The molecule has 1 saturated heterocycles. The predicted octanol–water partition coefficient (Wildman–Crippen LogP) is 6.42. The van der Waals surface area contributed by atoms with Gasteiger partial charge in [0, 0.05) is 18.3 Å². The molecule has 2 amide bonds. The van der Waals surface area contributed by atoms with Crippen molar-refractivity contribution >= 4 is 29.0 Å². The van der Waals surface area contributed by atoms with Crippen LogP contribution >= 0.6 is 0 Å². The fraction of sp³-hybridized carbons (Fsp3) is 0.457. The molecule has 246 valence electrons. The number of aryl methyl sites for hydroxylation is 1. The Morgan fingerprint density at radius 2 is 1.67 bits per heavy atom. The highest BCUT2D eigenvalue weighted by molar-refractivity contribution is 5.87. The number of amides is 2. The molecule has 0 saturated carbocycles. The maximum absolute atomic E-state index is 12.0. The lowest BCUT2D eigenvalue weighted by molar-refractivity contribution is -0.147. The maximum Gasteiger partial charge on any atom is 0.408 e. The quantitative estimate of drug-likeness (QED) is 0.285. The fourth-order valence-electron chi connectivity index (χ4n) is 3.88. The average molecular weight is 623 g/mol. The number of fused-ring (bicyclic) bond motifs is 1. The Kier molecular flexibility index (Phi) is 18.2. The third kappa shape index (κ3) is 15.1. The lowest BCUT2D eigenvalue weighted by atomic mass is 10.1. The molecule has 10 nitrogen and oxygen atoms in total. The summed E-state index contributed by atoms with van der Waals surface area (Å²) >= 11 is 0. The van der Waals surface area contributed by atoms with Gasteiger partial charge in [-0.15, -0.1) is 12.8 Å². The number of nitrogens with zero attached hydrogens (tertiary/aromatic N) is 2. The molecule has 10 heteroatoms. The predicted molar refractivity (Wildman–Crippen MR) is 181 cm³/mol. The summed E-state index contributed by atoms with van der Waals surface area (Å²) < 4.78 is 4.99. The number of carbonyl (C=O) groups excluding carboxylic acids is 2. The highest BCUT2D eigenvalue weighted by Gasteiger charge is 2.33. The molecule has 1 fully saturated rings. The van der Waals surface area contributed by atoms with Crippen LogP contribution in [0.25, 0.3) is 22.3 Å². The molecule has 1 aliphatic heterocycles. The molecule has 1 atom stereocenters. The van der Waals surface area contributed by atoms with Crippen LogP contribution < -0.4 is 10.7 Å². The maximum atomic E-state index is 12.0. The first-order valence-corrected chi connectivity index (χ1v) is 15.1. The van der Waals surface area contributed by atoms with Crippen LogP contribution in [0.3, 0.4) is 0 Å². The number of pyridine rings is 2. The number of likely N-dealkylation sites (tertiary alicyclic amines) is 1. The summed E-state index contributed by atoms with van der Waals surface area (Å²) in [5.41, 5.74) is 2.68. The van der Waals surface area contributed by atoms with Crippen molar-refractivity contribution < 1.29 is 24.2 Å². The van der Waals surface area contributed by atoms with Crippen LogP contribution in [0.15, 0.2) is 53.3 Å². The van der Waals surface area contributed by atoms with Crippen molar-refractivity contribution in [3.8, 4) is 24.1 Å². The number of hydrogen-bond acceptors (Lipinski definition) is 6. The number of terminal acetylenes is 1. The minimum Gasteiger partial charge on any atom is -0.480 e. The van der Waals surface area contributed by atoms with Gasteiger partial charge in [0.15, 0.2) is 5.43 Å².